The number of carboxylic acids is 1. The summed E-state index contributed by atoms with van der Waals surface area (Å²) in [6, 6.07) is 6.16. The van der Waals surface area contributed by atoms with Gasteiger partial charge in [0.05, 0.1) is 10.8 Å². The number of hydrogen-bond donors (Lipinski definition) is 2. The third-order valence-electron chi connectivity index (χ3n) is 2.52. The summed E-state index contributed by atoms with van der Waals surface area (Å²) < 4.78 is 0. The van der Waals surface area contributed by atoms with Gasteiger partial charge in [0.1, 0.15) is 0 Å². The fraction of sp³-hybridized carbons (Fsp3) is 0.364. The van der Waals surface area contributed by atoms with Crippen molar-refractivity contribution in [1.82, 2.24) is 0 Å². The number of benzene rings is 1. The van der Waals surface area contributed by atoms with Crippen LogP contribution in [-0.4, -0.2) is 22.5 Å². The Hall–Kier alpha value is -1.95. The molecule has 92 valence electrons. The van der Waals surface area contributed by atoms with E-state index in [2.05, 4.69) is 0 Å². The van der Waals surface area contributed by atoms with E-state index in [0.717, 1.165) is 0 Å². The molecule has 6 heteroatoms. The van der Waals surface area contributed by atoms with Gasteiger partial charge in [-0.2, -0.15) is 0 Å². The first kappa shape index (κ1) is 13.1. The maximum atomic E-state index is 10.9. The second kappa shape index (κ2) is 5.95. The molecule has 17 heavy (non-hydrogen) atoms. The predicted octanol–water partition coefficient (Wildman–Crippen LogP) is 1.19. The quantitative estimate of drug-likeness (QED) is 0.571. The maximum absolute atomic E-state index is 10.9. The minimum Gasteiger partial charge on any atom is -0.481 e. The molecule has 0 saturated heterocycles. The van der Waals surface area contributed by atoms with Crippen molar-refractivity contribution in [3.05, 3.63) is 39.9 Å². The van der Waals surface area contributed by atoms with E-state index in [-0.39, 0.29) is 18.7 Å². The molecule has 0 bridgehead atoms. The molecular formula is C11H14N2O4. The Morgan fingerprint density at radius 1 is 1.47 bits per heavy atom. The van der Waals surface area contributed by atoms with Crippen molar-refractivity contribution in [3.63, 3.8) is 0 Å². The molecule has 0 heterocycles. The van der Waals surface area contributed by atoms with Gasteiger partial charge >= 0.3 is 5.97 Å². The van der Waals surface area contributed by atoms with Crippen LogP contribution in [0, 0.1) is 16.0 Å². The summed E-state index contributed by atoms with van der Waals surface area (Å²) in [6.07, 6.45) is 0.436. The normalized spacial score (nSPS) is 12.1. The highest BCUT2D eigenvalue weighted by Crippen LogP contribution is 2.22. The molecule has 0 radical (unpaired) electrons. The van der Waals surface area contributed by atoms with Gasteiger partial charge in [-0.3, -0.25) is 14.9 Å². The second-order valence-electron chi connectivity index (χ2n) is 3.70. The average Bonchev–Trinajstić information content (AvgIpc) is 2.28. The number of nitro benzene ring substituents is 1. The number of nitrogens with two attached hydrogens (primary N) is 1. The van der Waals surface area contributed by atoms with Gasteiger partial charge in [0.25, 0.3) is 5.69 Å². The van der Waals surface area contributed by atoms with Gasteiger partial charge in [0, 0.05) is 11.6 Å². The minimum absolute atomic E-state index is 0.0456. The van der Waals surface area contributed by atoms with Crippen molar-refractivity contribution in [2.75, 3.05) is 6.54 Å². The van der Waals surface area contributed by atoms with Crippen LogP contribution in [0.25, 0.3) is 0 Å². The van der Waals surface area contributed by atoms with E-state index >= 15 is 0 Å². The van der Waals surface area contributed by atoms with Crippen molar-refractivity contribution in [3.8, 4) is 0 Å². The number of para-hydroxylation sites is 1. The number of nitrogens with zero attached hydrogens (tertiary/aromatic N) is 1. The lowest BCUT2D eigenvalue weighted by Crippen LogP contribution is -2.20. The highest BCUT2D eigenvalue weighted by molar-refractivity contribution is 5.70. The van der Waals surface area contributed by atoms with Crippen LogP contribution >= 0.6 is 0 Å². The number of nitro groups is 1. The smallest absolute Gasteiger partial charge is 0.306 e. The minimum atomic E-state index is -0.978. The molecule has 0 aliphatic rings. The van der Waals surface area contributed by atoms with Gasteiger partial charge in [0.2, 0.25) is 0 Å². The molecule has 0 amide bonds. The van der Waals surface area contributed by atoms with Gasteiger partial charge in [-0.1, -0.05) is 18.2 Å². The Labute approximate surface area is 98.2 Å². The number of carbonyl (C=O) groups is 1. The highest BCUT2D eigenvalue weighted by atomic mass is 16.6. The van der Waals surface area contributed by atoms with E-state index in [0.29, 0.717) is 12.0 Å². The third-order valence-corrected chi connectivity index (χ3v) is 2.52. The summed E-state index contributed by atoms with van der Waals surface area (Å²) in [5.74, 6) is -1.66. The average molecular weight is 238 g/mol. The van der Waals surface area contributed by atoms with E-state index in [1.54, 1.807) is 18.2 Å². The number of carboxylic acid groups (broad SMARTS) is 1. The molecule has 1 rings (SSSR count). The SMILES string of the molecule is NCCC(Cc1ccccc1[N+](=O)[O-])C(=O)O. The van der Waals surface area contributed by atoms with E-state index in [1.807, 2.05) is 0 Å². The molecule has 0 aliphatic carbocycles. The molecule has 0 fully saturated rings. The molecule has 0 saturated carbocycles. The monoisotopic (exact) mass is 238 g/mol. The van der Waals surface area contributed by atoms with Gasteiger partial charge < -0.3 is 10.8 Å². The van der Waals surface area contributed by atoms with Crippen molar-refractivity contribution >= 4 is 11.7 Å². The van der Waals surface area contributed by atoms with Crippen LogP contribution in [0.1, 0.15) is 12.0 Å². The van der Waals surface area contributed by atoms with Gasteiger partial charge in [0.15, 0.2) is 0 Å². The van der Waals surface area contributed by atoms with E-state index < -0.39 is 16.8 Å². The Balaban J connectivity index is 2.92. The lowest BCUT2D eigenvalue weighted by atomic mass is 9.95. The Bertz CT molecular complexity index is 420. The first-order valence-corrected chi connectivity index (χ1v) is 5.21. The molecular weight excluding hydrogens is 224 g/mol. The van der Waals surface area contributed by atoms with Crippen molar-refractivity contribution < 1.29 is 14.8 Å². The Morgan fingerprint density at radius 3 is 2.65 bits per heavy atom. The van der Waals surface area contributed by atoms with Gasteiger partial charge in [-0.05, 0) is 19.4 Å². The zero-order chi connectivity index (χ0) is 12.8. The summed E-state index contributed by atoms with van der Waals surface area (Å²) in [5.41, 5.74) is 5.70. The standard InChI is InChI=1S/C11H14N2O4/c12-6-5-9(11(14)15)7-8-3-1-2-4-10(8)13(16)17/h1-4,9H,5-7,12H2,(H,14,15). The highest BCUT2D eigenvalue weighted by Gasteiger charge is 2.21. The summed E-state index contributed by atoms with van der Waals surface area (Å²) in [6.45, 7) is 0.248. The van der Waals surface area contributed by atoms with E-state index in [9.17, 15) is 14.9 Å². The van der Waals surface area contributed by atoms with Crippen LogP contribution in [-0.2, 0) is 11.2 Å². The van der Waals surface area contributed by atoms with Crippen LogP contribution in [0.3, 0.4) is 0 Å². The fourth-order valence-corrected chi connectivity index (χ4v) is 1.64. The van der Waals surface area contributed by atoms with Crippen molar-refractivity contribution in [2.45, 2.75) is 12.8 Å². The first-order valence-electron chi connectivity index (χ1n) is 5.21. The number of rotatable bonds is 6. The second-order valence-corrected chi connectivity index (χ2v) is 3.70. The third kappa shape index (κ3) is 3.53. The zero-order valence-corrected chi connectivity index (χ0v) is 9.20. The molecule has 1 aromatic rings. The van der Waals surface area contributed by atoms with Gasteiger partial charge in [-0.25, -0.2) is 0 Å². The molecule has 1 aromatic carbocycles. The van der Waals surface area contributed by atoms with E-state index in [4.69, 9.17) is 10.8 Å². The summed E-state index contributed by atoms with van der Waals surface area (Å²) in [4.78, 5) is 21.2. The summed E-state index contributed by atoms with van der Waals surface area (Å²) in [7, 11) is 0. The predicted molar refractivity (Wildman–Crippen MR) is 61.6 cm³/mol. The largest absolute Gasteiger partial charge is 0.481 e. The summed E-state index contributed by atoms with van der Waals surface area (Å²) in [5, 5.41) is 19.7. The Kier molecular flexibility index (Phi) is 4.59. The lowest BCUT2D eigenvalue weighted by molar-refractivity contribution is -0.385. The van der Waals surface area contributed by atoms with Crippen LogP contribution in [0.15, 0.2) is 24.3 Å². The van der Waals surface area contributed by atoms with Crippen LogP contribution < -0.4 is 5.73 Å². The van der Waals surface area contributed by atoms with Crippen molar-refractivity contribution in [2.24, 2.45) is 11.7 Å². The Morgan fingerprint density at radius 2 is 2.12 bits per heavy atom. The molecule has 0 aliphatic heterocycles. The fourth-order valence-electron chi connectivity index (χ4n) is 1.64. The molecule has 1 unspecified atom stereocenters. The van der Waals surface area contributed by atoms with Crippen LogP contribution in [0.2, 0.25) is 0 Å². The maximum Gasteiger partial charge on any atom is 0.306 e. The van der Waals surface area contributed by atoms with E-state index in [1.165, 1.54) is 6.07 Å². The topological polar surface area (TPSA) is 106 Å². The lowest BCUT2D eigenvalue weighted by Gasteiger charge is -2.10. The van der Waals surface area contributed by atoms with Gasteiger partial charge in [-0.15, -0.1) is 0 Å². The van der Waals surface area contributed by atoms with Crippen LogP contribution in [0.5, 0.6) is 0 Å². The summed E-state index contributed by atoms with van der Waals surface area (Å²) >= 11 is 0. The van der Waals surface area contributed by atoms with Crippen LogP contribution in [0.4, 0.5) is 5.69 Å². The van der Waals surface area contributed by atoms with Crippen molar-refractivity contribution in [1.29, 1.82) is 0 Å². The molecule has 1 atom stereocenters. The molecule has 0 aromatic heterocycles. The number of hydrogen-bond acceptors (Lipinski definition) is 4. The number of aliphatic carboxylic acids is 1. The molecule has 0 spiro atoms. The zero-order valence-electron chi connectivity index (χ0n) is 9.20. The first-order chi connectivity index (χ1) is 8.06. The molecule has 6 nitrogen and oxygen atoms in total. The molecule has 3 N–H and O–H groups in total.